The SMILES string of the molecule is CC(C)(C)NC(=O)NC(=O)COC(=O)[C@H]1COc2ccc(Cl)cc2C1. The van der Waals surface area contributed by atoms with E-state index in [2.05, 4.69) is 10.6 Å². The van der Waals surface area contributed by atoms with Gasteiger partial charge in [0.1, 0.15) is 12.4 Å². The zero-order chi connectivity index (χ0) is 18.6. The Balaban J connectivity index is 1.81. The minimum atomic E-state index is -0.699. The number of halogens is 1. The second-order valence-electron chi connectivity index (χ2n) is 6.82. The first kappa shape index (κ1) is 19.1. The number of fused-ring (bicyclic) bond motifs is 1. The number of nitrogens with one attached hydrogen (secondary N) is 2. The van der Waals surface area contributed by atoms with Crippen molar-refractivity contribution in [3.63, 3.8) is 0 Å². The van der Waals surface area contributed by atoms with E-state index in [1.54, 1.807) is 39.0 Å². The van der Waals surface area contributed by atoms with Crippen LogP contribution in [-0.2, 0) is 20.7 Å². The molecule has 1 aliphatic heterocycles. The molecule has 7 nitrogen and oxygen atoms in total. The molecule has 1 aromatic rings. The van der Waals surface area contributed by atoms with E-state index in [4.69, 9.17) is 21.1 Å². The normalized spacial score (nSPS) is 16.2. The molecule has 0 unspecified atom stereocenters. The van der Waals surface area contributed by atoms with E-state index >= 15 is 0 Å². The van der Waals surface area contributed by atoms with Crippen molar-refractivity contribution >= 4 is 29.5 Å². The van der Waals surface area contributed by atoms with Crippen LogP contribution in [0.5, 0.6) is 5.75 Å². The van der Waals surface area contributed by atoms with Gasteiger partial charge in [0.25, 0.3) is 5.91 Å². The number of carbonyl (C=O) groups excluding carboxylic acids is 3. The molecule has 0 fully saturated rings. The Morgan fingerprint density at radius 3 is 2.72 bits per heavy atom. The lowest BCUT2D eigenvalue weighted by Gasteiger charge is -2.24. The summed E-state index contributed by atoms with van der Waals surface area (Å²) in [5, 5.41) is 5.23. The number of esters is 1. The maximum Gasteiger partial charge on any atom is 0.321 e. The van der Waals surface area contributed by atoms with Crippen molar-refractivity contribution in [3.8, 4) is 5.75 Å². The van der Waals surface area contributed by atoms with E-state index in [0.717, 1.165) is 5.56 Å². The van der Waals surface area contributed by atoms with Crippen LogP contribution in [-0.4, -0.2) is 36.7 Å². The maximum atomic E-state index is 12.1. The van der Waals surface area contributed by atoms with Crippen LogP contribution in [0.1, 0.15) is 26.3 Å². The number of urea groups is 1. The van der Waals surface area contributed by atoms with Crippen LogP contribution >= 0.6 is 11.6 Å². The lowest BCUT2D eigenvalue weighted by atomic mass is 9.97. The van der Waals surface area contributed by atoms with Crippen LogP contribution in [0.15, 0.2) is 18.2 Å². The van der Waals surface area contributed by atoms with Crippen LogP contribution in [0.25, 0.3) is 0 Å². The molecule has 0 radical (unpaired) electrons. The third-order valence-corrected chi connectivity index (χ3v) is 3.58. The first-order valence-corrected chi connectivity index (χ1v) is 8.22. The van der Waals surface area contributed by atoms with Crippen molar-refractivity contribution in [2.24, 2.45) is 5.92 Å². The molecule has 2 N–H and O–H groups in total. The highest BCUT2D eigenvalue weighted by Crippen LogP contribution is 2.30. The minimum Gasteiger partial charge on any atom is -0.492 e. The lowest BCUT2D eigenvalue weighted by Crippen LogP contribution is -2.49. The molecule has 136 valence electrons. The molecular weight excluding hydrogens is 348 g/mol. The number of amides is 3. The molecule has 8 heteroatoms. The fourth-order valence-electron chi connectivity index (χ4n) is 2.30. The second-order valence-corrected chi connectivity index (χ2v) is 7.26. The Hall–Kier alpha value is -2.28. The third-order valence-electron chi connectivity index (χ3n) is 3.35. The Morgan fingerprint density at radius 1 is 1.32 bits per heavy atom. The van der Waals surface area contributed by atoms with E-state index in [9.17, 15) is 14.4 Å². The number of hydrogen-bond acceptors (Lipinski definition) is 5. The maximum absolute atomic E-state index is 12.1. The molecule has 0 spiro atoms. The summed E-state index contributed by atoms with van der Waals surface area (Å²) < 4.78 is 10.5. The minimum absolute atomic E-state index is 0.166. The molecule has 0 saturated heterocycles. The zero-order valence-corrected chi connectivity index (χ0v) is 15.1. The number of imide groups is 1. The number of hydrogen-bond donors (Lipinski definition) is 2. The summed E-state index contributed by atoms with van der Waals surface area (Å²) >= 11 is 5.94. The molecule has 1 aliphatic rings. The van der Waals surface area contributed by atoms with Gasteiger partial charge in [-0.1, -0.05) is 11.6 Å². The number of carbonyl (C=O) groups is 3. The number of rotatable bonds is 3. The summed E-state index contributed by atoms with van der Waals surface area (Å²) in [6.07, 6.45) is 0.418. The highest BCUT2D eigenvalue weighted by atomic mass is 35.5. The topological polar surface area (TPSA) is 93.7 Å². The molecule has 0 bridgehead atoms. The molecule has 0 aliphatic carbocycles. The fourth-order valence-corrected chi connectivity index (χ4v) is 2.50. The van der Waals surface area contributed by atoms with Gasteiger partial charge in [0.15, 0.2) is 6.61 Å². The summed E-state index contributed by atoms with van der Waals surface area (Å²) in [5.74, 6) is -1.10. The van der Waals surface area contributed by atoms with Crippen LogP contribution < -0.4 is 15.4 Å². The predicted octanol–water partition coefficient (Wildman–Crippen LogP) is 2.06. The van der Waals surface area contributed by atoms with Crippen LogP contribution in [0.4, 0.5) is 4.79 Å². The number of ether oxygens (including phenoxy) is 2. The second kappa shape index (κ2) is 7.74. The van der Waals surface area contributed by atoms with Crippen LogP contribution in [0.3, 0.4) is 0 Å². The smallest absolute Gasteiger partial charge is 0.321 e. The molecule has 1 atom stereocenters. The average Bonchev–Trinajstić information content (AvgIpc) is 2.49. The van der Waals surface area contributed by atoms with Crippen molar-refractivity contribution in [2.45, 2.75) is 32.7 Å². The first-order valence-electron chi connectivity index (χ1n) is 7.84. The van der Waals surface area contributed by atoms with E-state index in [1.807, 2.05) is 0 Å². The molecule has 0 aromatic heterocycles. The van der Waals surface area contributed by atoms with Gasteiger partial charge < -0.3 is 14.8 Å². The van der Waals surface area contributed by atoms with Crippen LogP contribution in [0.2, 0.25) is 5.02 Å². The van der Waals surface area contributed by atoms with Gasteiger partial charge in [-0.25, -0.2) is 4.79 Å². The predicted molar refractivity (Wildman–Crippen MR) is 91.5 cm³/mol. The van der Waals surface area contributed by atoms with Crippen molar-refractivity contribution in [2.75, 3.05) is 13.2 Å². The zero-order valence-electron chi connectivity index (χ0n) is 14.3. The van der Waals surface area contributed by atoms with E-state index in [1.165, 1.54) is 0 Å². The Bertz CT molecular complexity index is 684. The summed E-state index contributed by atoms with van der Waals surface area (Å²) in [4.78, 5) is 35.3. The van der Waals surface area contributed by atoms with Gasteiger partial charge in [-0.05, 0) is 51.0 Å². The van der Waals surface area contributed by atoms with Gasteiger partial charge >= 0.3 is 12.0 Å². The summed E-state index contributed by atoms with van der Waals surface area (Å²) in [6.45, 7) is 4.98. The Labute approximate surface area is 151 Å². The molecule has 2 rings (SSSR count). The first-order chi connectivity index (χ1) is 11.6. The standard InChI is InChI=1S/C17H21ClN2O5/c1-17(2,3)20-16(23)19-14(21)9-25-15(22)11-6-10-7-12(18)4-5-13(10)24-8-11/h4-5,7,11H,6,8-9H2,1-3H3,(H2,19,20,21,23)/t11-/m1/s1. The number of benzene rings is 1. The van der Waals surface area contributed by atoms with E-state index in [0.29, 0.717) is 17.2 Å². The lowest BCUT2D eigenvalue weighted by molar-refractivity contribution is -0.153. The van der Waals surface area contributed by atoms with Gasteiger partial charge in [0.2, 0.25) is 0 Å². The molecule has 0 saturated carbocycles. The molecule has 1 heterocycles. The molecule has 1 aromatic carbocycles. The molecular formula is C17H21ClN2O5. The van der Waals surface area contributed by atoms with Gasteiger partial charge in [-0.15, -0.1) is 0 Å². The van der Waals surface area contributed by atoms with Gasteiger partial charge in [0.05, 0.1) is 5.92 Å². The quantitative estimate of drug-likeness (QED) is 0.796. The molecule has 25 heavy (non-hydrogen) atoms. The van der Waals surface area contributed by atoms with Crippen LogP contribution in [0, 0.1) is 5.92 Å². The van der Waals surface area contributed by atoms with Gasteiger partial charge in [-0.3, -0.25) is 14.9 Å². The monoisotopic (exact) mass is 368 g/mol. The van der Waals surface area contributed by atoms with Crippen molar-refractivity contribution in [1.29, 1.82) is 0 Å². The van der Waals surface area contributed by atoms with Crippen molar-refractivity contribution in [3.05, 3.63) is 28.8 Å². The van der Waals surface area contributed by atoms with E-state index in [-0.39, 0.29) is 6.61 Å². The van der Waals surface area contributed by atoms with E-state index < -0.39 is 36.0 Å². The highest BCUT2D eigenvalue weighted by molar-refractivity contribution is 6.30. The summed E-state index contributed by atoms with van der Waals surface area (Å²) in [6, 6.07) is 4.56. The summed E-state index contributed by atoms with van der Waals surface area (Å²) in [7, 11) is 0. The largest absolute Gasteiger partial charge is 0.492 e. The van der Waals surface area contributed by atoms with Crippen molar-refractivity contribution in [1.82, 2.24) is 10.6 Å². The average molecular weight is 369 g/mol. The molecule has 3 amide bonds. The van der Waals surface area contributed by atoms with Gasteiger partial charge in [-0.2, -0.15) is 0 Å². The Morgan fingerprint density at radius 2 is 2.04 bits per heavy atom. The van der Waals surface area contributed by atoms with Crippen molar-refractivity contribution < 1.29 is 23.9 Å². The fraction of sp³-hybridized carbons (Fsp3) is 0.471. The van der Waals surface area contributed by atoms with Gasteiger partial charge in [0, 0.05) is 10.6 Å². The summed E-state index contributed by atoms with van der Waals surface area (Å²) in [5.41, 5.74) is 0.338. The Kier molecular flexibility index (Phi) is 5.89. The third kappa shape index (κ3) is 5.94. The highest BCUT2D eigenvalue weighted by Gasteiger charge is 2.28.